The van der Waals surface area contributed by atoms with Gasteiger partial charge in [0.25, 0.3) is 0 Å². The quantitative estimate of drug-likeness (QED) is 0.892. The molecular formula is C14H20F3NO. The molecule has 2 nitrogen and oxygen atoms in total. The Kier molecular flexibility index (Phi) is 3.92. The maximum atomic E-state index is 13.3. The van der Waals surface area contributed by atoms with E-state index >= 15 is 0 Å². The first-order valence-corrected chi connectivity index (χ1v) is 5.98. The normalized spacial score (nSPS) is 16.1. The third-order valence-electron chi connectivity index (χ3n) is 3.30. The van der Waals surface area contributed by atoms with Crippen LogP contribution in [0.25, 0.3) is 0 Å². The molecule has 1 aromatic carbocycles. The largest absolute Gasteiger partial charge is 0.421 e. The number of nitrogens with zero attached hydrogens (tertiary/aromatic N) is 1. The van der Waals surface area contributed by atoms with Crippen molar-refractivity contribution in [2.75, 3.05) is 19.0 Å². The smallest absolute Gasteiger partial charge is 0.378 e. The fraction of sp³-hybridized carbons (Fsp3) is 0.571. The third-order valence-corrected chi connectivity index (χ3v) is 3.30. The van der Waals surface area contributed by atoms with Gasteiger partial charge in [-0.05, 0) is 17.7 Å². The highest BCUT2D eigenvalue weighted by Crippen LogP contribution is 2.50. The highest BCUT2D eigenvalue weighted by atomic mass is 19.4. The summed E-state index contributed by atoms with van der Waals surface area (Å²) in [5, 5.41) is 10.2. The van der Waals surface area contributed by atoms with Crippen molar-refractivity contribution < 1.29 is 18.3 Å². The van der Waals surface area contributed by atoms with Gasteiger partial charge in [-0.15, -0.1) is 0 Å². The molecule has 0 amide bonds. The van der Waals surface area contributed by atoms with Crippen LogP contribution < -0.4 is 4.90 Å². The van der Waals surface area contributed by atoms with Crippen molar-refractivity contribution in [3.63, 3.8) is 0 Å². The van der Waals surface area contributed by atoms with E-state index < -0.39 is 17.2 Å². The molecule has 1 aromatic rings. The second kappa shape index (κ2) is 4.71. The molecule has 0 spiro atoms. The van der Waals surface area contributed by atoms with Gasteiger partial charge in [0.15, 0.2) is 5.60 Å². The molecule has 0 aromatic heterocycles. The second-order valence-electron chi connectivity index (χ2n) is 5.90. The van der Waals surface area contributed by atoms with Gasteiger partial charge < -0.3 is 10.0 Å². The van der Waals surface area contributed by atoms with Crippen LogP contribution in [0.4, 0.5) is 18.9 Å². The van der Waals surface area contributed by atoms with Crippen LogP contribution in [-0.4, -0.2) is 25.4 Å². The van der Waals surface area contributed by atoms with E-state index in [-0.39, 0.29) is 5.56 Å². The lowest BCUT2D eigenvalue weighted by Gasteiger charge is -2.41. The van der Waals surface area contributed by atoms with Crippen molar-refractivity contribution in [1.29, 1.82) is 0 Å². The molecule has 0 aliphatic rings. The van der Waals surface area contributed by atoms with Crippen LogP contribution in [-0.2, 0) is 5.60 Å². The number of aliphatic hydroxyl groups is 1. The van der Waals surface area contributed by atoms with Crippen LogP contribution in [0.15, 0.2) is 24.3 Å². The number of anilines is 1. The summed E-state index contributed by atoms with van der Waals surface area (Å²) in [6.45, 7) is 4.13. The van der Waals surface area contributed by atoms with E-state index in [1.807, 2.05) is 0 Å². The number of rotatable bonds is 2. The number of hydrogen-bond donors (Lipinski definition) is 1. The zero-order valence-electron chi connectivity index (χ0n) is 11.8. The highest BCUT2D eigenvalue weighted by Gasteiger charge is 2.61. The van der Waals surface area contributed by atoms with Gasteiger partial charge in [-0.3, -0.25) is 0 Å². The molecule has 19 heavy (non-hydrogen) atoms. The topological polar surface area (TPSA) is 23.5 Å². The summed E-state index contributed by atoms with van der Waals surface area (Å²) >= 11 is 0. The SMILES string of the molecule is CN(C)c1ccc(C(O)(C(C)(C)C)C(F)(F)F)cc1. The minimum atomic E-state index is -4.73. The average Bonchev–Trinajstić information content (AvgIpc) is 2.25. The Hall–Kier alpha value is -1.23. The molecule has 0 bridgehead atoms. The Morgan fingerprint density at radius 1 is 0.947 bits per heavy atom. The second-order valence-corrected chi connectivity index (χ2v) is 5.90. The fourth-order valence-electron chi connectivity index (χ4n) is 2.02. The Balaban J connectivity index is 3.36. The molecule has 108 valence electrons. The maximum absolute atomic E-state index is 13.3. The summed E-state index contributed by atoms with van der Waals surface area (Å²) in [7, 11) is 3.60. The fourth-order valence-corrected chi connectivity index (χ4v) is 2.02. The van der Waals surface area contributed by atoms with E-state index in [2.05, 4.69) is 0 Å². The molecule has 1 atom stereocenters. The lowest BCUT2D eigenvalue weighted by atomic mass is 9.71. The van der Waals surface area contributed by atoms with E-state index in [1.54, 1.807) is 31.1 Å². The summed E-state index contributed by atoms with van der Waals surface area (Å²) in [6, 6.07) is 5.79. The molecule has 5 heteroatoms. The van der Waals surface area contributed by atoms with Crippen LogP contribution in [0, 0.1) is 5.41 Å². The molecule has 0 saturated heterocycles. The van der Waals surface area contributed by atoms with Crippen LogP contribution in [0.1, 0.15) is 26.3 Å². The van der Waals surface area contributed by atoms with E-state index in [0.29, 0.717) is 0 Å². The van der Waals surface area contributed by atoms with Crippen LogP contribution >= 0.6 is 0 Å². The molecule has 0 radical (unpaired) electrons. The first-order valence-electron chi connectivity index (χ1n) is 5.98. The minimum Gasteiger partial charge on any atom is -0.378 e. The summed E-state index contributed by atoms with van der Waals surface area (Å²) < 4.78 is 39.9. The van der Waals surface area contributed by atoms with Gasteiger partial charge in [0.2, 0.25) is 0 Å². The van der Waals surface area contributed by atoms with Crippen molar-refractivity contribution in [3.05, 3.63) is 29.8 Å². The van der Waals surface area contributed by atoms with Crippen molar-refractivity contribution in [1.82, 2.24) is 0 Å². The summed E-state index contributed by atoms with van der Waals surface area (Å²) in [5.41, 5.74) is -3.59. The van der Waals surface area contributed by atoms with Crippen molar-refractivity contribution in [2.24, 2.45) is 5.41 Å². The van der Waals surface area contributed by atoms with Crippen molar-refractivity contribution in [2.45, 2.75) is 32.5 Å². The molecule has 0 aliphatic carbocycles. The van der Waals surface area contributed by atoms with E-state index in [1.165, 1.54) is 32.9 Å². The summed E-state index contributed by atoms with van der Waals surface area (Å²) in [4.78, 5) is 1.79. The average molecular weight is 275 g/mol. The number of alkyl halides is 3. The monoisotopic (exact) mass is 275 g/mol. The van der Waals surface area contributed by atoms with Crippen LogP contribution in [0.2, 0.25) is 0 Å². The predicted molar refractivity (Wildman–Crippen MR) is 70.2 cm³/mol. The molecule has 1 N–H and O–H groups in total. The Labute approximate surface area is 111 Å². The van der Waals surface area contributed by atoms with Crippen molar-refractivity contribution >= 4 is 5.69 Å². The van der Waals surface area contributed by atoms with Gasteiger partial charge in [-0.1, -0.05) is 32.9 Å². The molecule has 0 aliphatic heterocycles. The number of benzene rings is 1. The maximum Gasteiger partial charge on any atom is 0.421 e. The molecule has 0 heterocycles. The molecule has 1 rings (SSSR count). The number of hydrogen-bond acceptors (Lipinski definition) is 2. The van der Waals surface area contributed by atoms with Crippen molar-refractivity contribution in [3.8, 4) is 0 Å². The molecule has 0 saturated carbocycles. The first kappa shape index (κ1) is 15.8. The summed E-state index contributed by atoms with van der Waals surface area (Å²) in [5.74, 6) is 0. The zero-order valence-corrected chi connectivity index (χ0v) is 11.8. The Morgan fingerprint density at radius 3 is 1.63 bits per heavy atom. The van der Waals surface area contributed by atoms with Gasteiger partial charge in [0.1, 0.15) is 0 Å². The molecule has 1 unspecified atom stereocenters. The van der Waals surface area contributed by atoms with E-state index in [9.17, 15) is 18.3 Å². The molecular weight excluding hydrogens is 255 g/mol. The van der Waals surface area contributed by atoms with E-state index in [0.717, 1.165) is 5.69 Å². The Bertz CT molecular complexity index is 415. The standard InChI is InChI=1S/C14H20F3NO/c1-12(2,3)13(19,14(15,16)17)10-6-8-11(9-7-10)18(4)5/h6-9,19H,1-5H3. The minimum absolute atomic E-state index is 0.141. The lowest BCUT2D eigenvalue weighted by Crippen LogP contribution is -2.52. The van der Waals surface area contributed by atoms with Gasteiger partial charge in [0, 0.05) is 25.2 Å². The van der Waals surface area contributed by atoms with Gasteiger partial charge in [0.05, 0.1) is 0 Å². The van der Waals surface area contributed by atoms with Gasteiger partial charge in [-0.2, -0.15) is 13.2 Å². The predicted octanol–water partition coefficient (Wildman–Crippen LogP) is 3.55. The zero-order chi connectivity index (χ0) is 15.1. The summed E-state index contributed by atoms with van der Waals surface area (Å²) in [6.07, 6.45) is -4.73. The first-order chi connectivity index (χ1) is 8.41. The van der Waals surface area contributed by atoms with Crippen LogP contribution in [0.5, 0.6) is 0 Å². The highest BCUT2D eigenvalue weighted by molar-refractivity contribution is 5.47. The third kappa shape index (κ3) is 2.71. The Morgan fingerprint density at radius 2 is 1.37 bits per heavy atom. The molecule has 0 fully saturated rings. The number of halogens is 3. The van der Waals surface area contributed by atoms with Gasteiger partial charge in [-0.25, -0.2) is 0 Å². The van der Waals surface area contributed by atoms with Crippen LogP contribution in [0.3, 0.4) is 0 Å². The lowest BCUT2D eigenvalue weighted by molar-refractivity contribution is -0.302. The van der Waals surface area contributed by atoms with E-state index in [4.69, 9.17) is 0 Å². The van der Waals surface area contributed by atoms with Gasteiger partial charge >= 0.3 is 6.18 Å².